The Morgan fingerprint density at radius 2 is 1.83 bits per heavy atom. The lowest BCUT2D eigenvalue weighted by Crippen LogP contribution is -2.41. The maximum atomic E-state index is 12.8. The highest BCUT2D eigenvalue weighted by Gasteiger charge is 2.59. The van der Waals surface area contributed by atoms with E-state index < -0.39 is 35.7 Å². The number of hydrazone groups is 1. The second kappa shape index (κ2) is 5.88. The van der Waals surface area contributed by atoms with Crippen molar-refractivity contribution < 1.29 is 23.9 Å². The van der Waals surface area contributed by atoms with Crippen LogP contribution >= 0.6 is 0 Å². The molecule has 24 heavy (non-hydrogen) atoms. The van der Waals surface area contributed by atoms with Gasteiger partial charge in [-0.25, -0.2) is 14.7 Å². The van der Waals surface area contributed by atoms with Crippen molar-refractivity contribution in [3.8, 4) is 0 Å². The quantitative estimate of drug-likeness (QED) is 0.588. The van der Waals surface area contributed by atoms with Crippen molar-refractivity contribution >= 4 is 35.1 Å². The fourth-order valence-corrected chi connectivity index (χ4v) is 2.88. The number of hydrogen-bond acceptors (Lipinski definition) is 6. The van der Waals surface area contributed by atoms with Crippen molar-refractivity contribution in [1.29, 1.82) is 0 Å². The predicted molar refractivity (Wildman–Crippen MR) is 82.8 cm³/mol. The molecule has 1 aromatic carbocycles. The lowest BCUT2D eigenvalue weighted by Gasteiger charge is -2.19. The minimum atomic E-state index is -1.14. The molecular formula is C16H15N3O5. The summed E-state index contributed by atoms with van der Waals surface area (Å²) in [4.78, 5) is 50.3. The van der Waals surface area contributed by atoms with E-state index in [2.05, 4.69) is 5.10 Å². The van der Waals surface area contributed by atoms with E-state index in [0.29, 0.717) is 5.69 Å². The van der Waals surface area contributed by atoms with Crippen molar-refractivity contribution in [1.82, 2.24) is 5.01 Å². The molecule has 1 saturated heterocycles. The number of rotatable bonds is 3. The molecule has 0 spiro atoms. The van der Waals surface area contributed by atoms with Crippen LogP contribution in [-0.2, 0) is 23.9 Å². The van der Waals surface area contributed by atoms with Crippen LogP contribution in [0.15, 0.2) is 35.4 Å². The maximum absolute atomic E-state index is 12.8. The topological polar surface area (TPSA) is 96.3 Å². The van der Waals surface area contributed by atoms with Crippen LogP contribution in [0, 0.1) is 5.92 Å². The SMILES string of the molecule is CCOC(=O)C1=NN(C(C)=O)[C@@H]2C(=O)N(c3ccccc3)C(=O)[C@@H]12. The number of esters is 1. The van der Waals surface area contributed by atoms with Crippen molar-refractivity contribution in [2.24, 2.45) is 11.0 Å². The van der Waals surface area contributed by atoms with Gasteiger partial charge in [-0.15, -0.1) is 0 Å². The normalized spacial score (nSPS) is 22.5. The maximum Gasteiger partial charge on any atom is 0.355 e. The molecule has 8 nitrogen and oxygen atoms in total. The average Bonchev–Trinajstić information content (AvgIpc) is 3.07. The number of fused-ring (bicyclic) bond motifs is 1. The summed E-state index contributed by atoms with van der Waals surface area (Å²) in [7, 11) is 0. The van der Waals surface area contributed by atoms with Crippen LogP contribution in [0.4, 0.5) is 5.69 Å². The summed E-state index contributed by atoms with van der Waals surface area (Å²) in [6, 6.07) is 7.20. The Balaban J connectivity index is 2.03. The molecule has 2 atom stereocenters. The minimum Gasteiger partial charge on any atom is -0.461 e. The van der Waals surface area contributed by atoms with Crippen LogP contribution in [0.2, 0.25) is 0 Å². The number of carbonyl (C=O) groups excluding carboxylic acids is 4. The zero-order valence-electron chi connectivity index (χ0n) is 13.1. The largest absolute Gasteiger partial charge is 0.461 e. The summed E-state index contributed by atoms with van der Waals surface area (Å²) in [5, 5.41) is 4.77. The van der Waals surface area contributed by atoms with Crippen molar-refractivity contribution in [3.05, 3.63) is 30.3 Å². The zero-order valence-corrected chi connectivity index (χ0v) is 13.1. The van der Waals surface area contributed by atoms with E-state index in [0.717, 1.165) is 9.91 Å². The van der Waals surface area contributed by atoms with Gasteiger partial charge in [-0.3, -0.25) is 14.4 Å². The zero-order chi connectivity index (χ0) is 17.4. The van der Waals surface area contributed by atoms with E-state index in [1.165, 1.54) is 6.92 Å². The smallest absolute Gasteiger partial charge is 0.355 e. The highest BCUT2D eigenvalue weighted by molar-refractivity contribution is 6.47. The Hall–Kier alpha value is -3.03. The third-order valence-corrected chi connectivity index (χ3v) is 3.87. The molecular weight excluding hydrogens is 314 g/mol. The summed E-state index contributed by atoms with van der Waals surface area (Å²) in [5.41, 5.74) is 0.169. The fraction of sp³-hybridized carbons (Fsp3) is 0.312. The number of anilines is 1. The van der Waals surface area contributed by atoms with Gasteiger partial charge in [0.1, 0.15) is 5.92 Å². The summed E-state index contributed by atoms with van der Waals surface area (Å²) >= 11 is 0. The highest BCUT2D eigenvalue weighted by Crippen LogP contribution is 2.35. The van der Waals surface area contributed by atoms with Gasteiger partial charge in [0.2, 0.25) is 11.8 Å². The molecule has 0 radical (unpaired) electrons. The third kappa shape index (κ3) is 2.27. The molecule has 2 aliphatic rings. The fourth-order valence-electron chi connectivity index (χ4n) is 2.88. The number of carbonyl (C=O) groups is 4. The van der Waals surface area contributed by atoms with Crippen LogP contribution in [0.3, 0.4) is 0 Å². The molecule has 124 valence electrons. The molecule has 0 bridgehead atoms. The monoisotopic (exact) mass is 329 g/mol. The number of ether oxygens (including phenoxy) is 1. The van der Waals surface area contributed by atoms with E-state index in [1.807, 2.05) is 0 Å². The number of benzene rings is 1. The Morgan fingerprint density at radius 1 is 1.17 bits per heavy atom. The molecule has 2 heterocycles. The lowest BCUT2D eigenvalue weighted by molar-refractivity contribution is -0.136. The van der Waals surface area contributed by atoms with Crippen LogP contribution in [0.25, 0.3) is 0 Å². The minimum absolute atomic E-state index is 0.0971. The standard InChI is InChI=1S/C16H15N3O5/c1-3-24-16(23)12-11-13(19(17-12)9(2)20)15(22)18(14(11)21)10-7-5-4-6-8-10/h4-8,11,13H,3H2,1-2H3/t11-,13-/m0/s1. The number of amides is 3. The summed E-state index contributed by atoms with van der Waals surface area (Å²) in [6.07, 6.45) is 0. The predicted octanol–water partition coefficient (Wildman–Crippen LogP) is 0.326. The van der Waals surface area contributed by atoms with E-state index >= 15 is 0 Å². The van der Waals surface area contributed by atoms with Gasteiger partial charge in [-0.05, 0) is 19.1 Å². The van der Waals surface area contributed by atoms with Crippen LogP contribution in [0.1, 0.15) is 13.8 Å². The van der Waals surface area contributed by atoms with Gasteiger partial charge in [0.25, 0.3) is 5.91 Å². The second-order valence-corrected chi connectivity index (χ2v) is 5.34. The first-order valence-electron chi connectivity index (χ1n) is 7.45. The lowest BCUT2D eigenvalue weighted by atomic mass is 9.98. The molecule has 0 N–H and O–H groups in total. The molecule has 3 amide bonds. The van der Waals surface area contributed by atoms with Crippen LogP contribution < -0.4 is 4.90 Å². The van der Waals surface area contributed by atoms with Gasteiger partial charge < -0.3 is 4.74 Å². The first kappa shape index (κ1) is 15.9. The van der Waals surface area contributed by atoms with Gasteiger partial charge in [-0.2, -0.15) is 5.10 Å². The molecule has 1 fully saturated rings. The Morgan fingerprint density at radius 3 is 2.42 bits per heavy atom. The first-order chi connectivity index (χ1) is 11.5. The Bertz CT molecular complexity index is 758. The van der Waals surface area contributed by atoms with Crippen LogP contribution in [-0.4, -0.2) is 47.1 Å². The van der Waals surface area contributed by atoms with Gasteiger partial charge >= 0.3 is 5.97 Å². The van der Waals surface area contributed by atoms with Gasteiger partial charge in [0.05, 0.1) is 12.3 Å². The molecule has 0 aromatic heterocycles. The molecule has 0 saturated carbocycles. The third-order valence-electron chi connectivity index (χ3n) is 3.87. The second-order valence-electron chi connectivity index (χ2n) is 5.34. The molecule has 0 unspecified atom stereocenters. The molecule has 8 heteroatoms. The van der Waals surface area contributed by atoms with Gasteiger partial charge in [0.15, 0.2) is 11.8 Å². The van der Waals surface area contributed by atoms with E-state index in [-0.39, 0.29) is 12.3 Å². The van der Waals surface area contributed by atoms with Gasteiger partial charge in [-0.1, -0.05) is 18.2 Å². The summed E-state index contributed by atoms with van der Waals surface area (Å²) < 4.78 is 4.90. The van der Waals surface area contributed by atoms with E-state index in [9.17, 15) is 19.2 Å². The molecule has 0 aliphatic carbocycles. The van der Waals surface area contributed by atoms with Gasteiger partial charge in [0, 0.05) is 6.92 Å². The van der Waals surface area contributed by atoms with Crippen molar-refractivity contribution in [2.45, 2.75) is 19.9 Å². The Kier molecular flexibility index (Phi) is 3.88. The Labute approximate surface area is 137 Å². The molecule has 3 rings (SSSR count). The highest BCUT2D eigenvalue weighted by atomic mass is 16.5. The molecule has 2 aliphatic heterocycles. The number of hydrogen-bond donors (Lipinski definition) is 0. The number of nitrogens with zero attached hydrogens (tertiary/aromatic N) is 3. The first-order valence-corrected chi connectivity index (χ1v) is 7.45. The summed E-state index contributed by atoms with van der Waals surface area (Å²) in [5.74, 6) is -3.64. The average molecular weight is 329 g/mol. The van der Waals surface area contributed by atoms with E-state index in [4.69, 9.17) is 4.74 Å². The number of para-hydroxylation sites is 1. The van der Waals surface area contributed by atoms with Crippen LogP contribution in [0.5, 0.6) is 0 Å². The van der Waals surface area contributed by atoms with E-state index in [1.54, 1.807) is 37.3 Å². The number of imide groups is 1. The van der Waals surface area contributed by atoms with Crippen molar-refractivity contribution in [3.63, 3.8) is 0 Å². The summed E-state index contributed by atoms with van der Waals surface area (Å²) in [6.45, 7) is 2.93. The molecule has 1 aromatic rings. The van der Waals surface area contributed by atoms with Crippen molar-refractivity contribution in [2.75, 3.05) is 11.5 Å².